The smallest absolute Gasteiger partial charge is 0.253 e. The number of imidazole rings is 1. The first kappa shape index (κ1) is 15.5. The van der Waals surface area contributed by atoms with Crippen LogP contribution >= 0.6 is 0 Å². The normalized spacial score (nSPS) is 16.2. The zero-order valence-electron chi connectivity index (χ0n) is 13.5. The maximum absolute atomic E-state index is 12.6. The number of nitrogens with one attached hydrogen (secondary N) is 1. The number of H-pyrrole nitrogens is 1. The summed E-state index contributed by atoms with van der Waals surface area (Å²) in [5.41, 5.74) is 7.74. The third-order valence-corrected chi connectivity index (χ3v) is 4.48. The molecule has 0 aliphatic carbocycles. The minimum Gasteiger partial charge on any atom is -0.369 e. The van der Waals surface area contributed by atoms with E-state index >= 15 is 0 Å². The van der Waals surface area contributed by atoms with Gasteiger partial charge in [0.25, 0.3) is 5.91 Å². The Kier molecular flexibility index (Phi) is 4.07. The Balaban J connectivity index is 1.77. The van der Waals surface area contributed by atoms with Crippen LogP contribution in [0.4, 0.5) is 0 Å². The van der Waals surface area contributed by atoms with Gasteiger partial charge >= 0.3 is 0 Å². The van der Waals surface area contributed by atoms with E-state index in [4.69, 9.17) is 5.73 Å². The summed E-state index contributed by atoms with van der Waals surface area (Å²) in [5.74, 6) is 0.858. The SMILES string of the molecule is CC(C)c1nc2ccc(C(=O)N3CCC(C(N)=O)CC3)cc2[nH]1. The zero-order valence-corrected chi connectivity index (χ0v) is 13.5. The molecule has 1 aromatic heterocycles. The number of nitrogens with two attached hydrogens (primary N) is 1. The fourth-order valence-corrected chi connectivity index (χ4v) is 2.99. The Labute approximate surface area is 135 Å². The summed E-state index contributed by atoms with van der Waals surface area (Å²) in [6.07, 6.45) is 1.29. The lowest BCUT2D eigenvalue weighted by molar-refractivity contribution is -0.123. The quantitative estimate of drug-likeness (QED) is 0.908. The van der Waals surface area contributed by atoms with Crippen LogP contribution in [-0.2, 0) is 4.79 Å². The summed E-state index contributed by atoms with van der Waals surface area (Å²) >= 11 is 0. The minimum atomic E-state index is -0.266. The number of aromatic nitrogens is 2. The molecule has 2 amide bonds. The molecular weight excluding hydrogens is 292 g/mol. The van der Waals surface area contributed by atoms with Crippen LogP contribution in [0.3, 0.4) is 0 Å². The van der Waals surface area contributed by atoms with Gasteiger partial charge in [-0.15, -0.1) is 0 Å². The lowest BCUT2D eigenvalue weighted by Crippen LogP contribution is -2.41. The van der Waals surface area contributed by atoms with Crippen LogP contribution < -0.4 is 5.73 Å². The van der Waals surface area contributed by atoms with Crippen LogP contribution in [0, 0.1) is 5.92 Å². The summed E-state index contributed by atoms with van der Waals surface area (Å²) in [6, 6.07) is 5.55. The van der Waals surface area contributed by atoms with Gasteiger partial charge in [0, 0.05) is 30.5 Å². The third-order valence-electron chi connectivity index (χ3n) is 4.48. The van der Waals surface area contributed by atoms with Crippen molar-refractivity contribution >= 4 is 22.8 Å². The Morgan fingerprint density at radius 3 is 2.61 bits per heavy atom. The van der Waals surface area contributed by atoms with Crippen LogP contribution in [0.1, 0.15) is 48.8 Å². The number of aromatic amines is 1. The van der Waals surface area contributed by atoms with Gasteiger partial charge < -0.3 is 15.6 Å². The molecule has 1 aliphatic rings. The van der Waals surface area contributed by atoms with Gasteiger partial charge in [0.05, 0.1) is 11.0 Å². The highest BCUT2D eigenvalue weighted by molar-refractivity contribution is 5.97. The molecule has 0 radical (unpaired) electrons. The number of benzene rings is 1. The minimum absolute atomic E-state index is 0.00415. The van der Waals surface area contributed by atoms with Gasteiger partial charge in [-0.25, -0.2) is 4.98 Å². The van der Waals surface area contributed by atoms with Crippen molar-refractivity contribution in [1.82, 2.24) is 14.9 Å². The van der Waals surface area contributed by atoms with Gasteiger partial charge in [-0.3, -0.25) is 9.59 Å². The first-order valence-corrected chi connectivity index (χ1v) is 8.04. The predicted molar refractivity (Wildman–Crippen MR) is 88.0 cm³/mol. The number of fused-ring (bicyclic) bond motifs is 1. The second-order valence-electron chi connectivity index (χ2n) is 6.48. The van der Waals surface area contributed by atoms with Gasteiger partial charge in [0.1, 0.15) is 5.82 Å². The highest BCUT2D eigenvalue weighted by atomic mass is 16.2. The predicted octanol–water partition coefficient (Wildman–Crippen LogP) is 2.02. The number of carbonyl (C=O) groups excluding carboxylic acids is 2. The van der Waals surface area contributed by atoms with E-state index in [1.54, 1.807) is 4.90 Å². The molecule has 1 fully saturated rings. The molecule has 2 heterocycles. The molecule has 23 heavy (non-hydrogen) atoms. The Hall–Kier alpha value is -2.37. The van der Waals surface area contributed by atoms with Crippen molar-refractivity contribution < 1.29 is 9.59 Å². The fraction of sp³-hybridized carbons (Fsp3) is 0.471. The molecule has 1 aliphatic heterocycles. The van der Waals surface area contributed by atoms with Crippen molar-refractivity contribution in [3.05, 3.63) is 29.6 Å². The van der Waals surface area contributed by atoms with E-state index in [1.807, 2.05) is 18.2 Å². The van der Waals surface area contributed by atoms with Crippen molar-refractivity contribution in [2.24, 2.45) is 11.7 Å². The molecule has 0 bridgehead atoms. The van der Waals surface area contributed by atoms with Gasteiger partial charge in [0.15, 0.2) is 0 Å². The monoisotopic (exact) mass is 314 g/mol. The van der Waals surface area contributed by atoms with Crippen molar-refractivity contribution in [2.45, 2.75) is 32.6 Å². The van der Waals surface area contributed by atoms with Crippen molar-refractivity contribution in [3.63, 3.8) is 0 Å². The highest BCUT2D eigenvalue weighted by Crippen LogP contribution is 2.22. The molecule has 122 valence electrons. The molecule has 2 aromatic rings. The van der Waals surface area contributed by atoms with E-state index in [0.29, 0.717) is 37.4 Å². The third kappa shape index (κ3) is 3.06. The standard InChI is InChI=1S/C17H22N4O2/c1-10(2)16-19-13-4-3-12(9-14(13)20-16)17(23)21-7-5-11(6-8-21)15(18)22/h3-4,9-11H,5-8H2,1-2H3,(H2,18,22)(H,19,20). The number of hydrogen-bond donors (Lipinski definition) is 2. The molecule has 6 heteroatoms. The number of carbonyl (C=O) groups is 2. The van der Waals surface area contributed by atoms with Crippen LogP contribution in [0.15, 0.2) is 18.2 Å². The molecule has 0 saturated carbocycles. The highest BCUT2D eigenvalue weighted by Gasteiger charge is 2.26. The van der Waals surface area contributed by atoms with Crippen LogP contribution in [0.2, 0.25) is 0 Å². The maximum atomic E-state index is 12.6. The topological polar surface area (TPSA) is 92.1 Å². The van der Waals surface area contributed by atoms with Crippen LogP contribution in [0.5, 0.6) is 0 Å². The number of primary amides is 1. The molecule has 0 spiro atoms. The Morgan fingerprint density at radius 2 is 2.00 bits per heavy atom. The molecular formula is C17H22N4O2. The van der Waals surface area contributed by atoms with E-state index < -0.39 is 0 Å². The van der Waals surface area contributed by atoms with Crippen molar-refractivity contribution in [3.8, 4) is 0 Å². The number of likely N-dealkylation sites (tertiary alicyclic amines) is 1. The summed E-state index contributed by atoms with van der Waals surface area (Å²) in [6.45, 7) is 5.30. The summed E-state index contributed by atoms with van der Waals surface area (Å²) in [7, 11) is 0. The average Bonchev–Trinajstić information content (AvgIpc) is 2.97. The second-order valence-corrected chi connectivity index (χ2v) is 6.48. The molecule has 0 atom stereocenters. The van der Waals surface area contributed by atoms with E-state index in [2.05, 4.69) is 23.8 Å². The molecule has 6 nitrogen and oxygen atoms in total. The zero-order chi connectivity index (χ0) is 16.6. The number of hydrogen-bond acceptors (Lipinski definition) is 3. The van der Waals surface area contributed by atoms with Crippen molar-refractivity contribution in [1.29, 1.82) is 0 Å². The number of nitrogens with zero attached hydrogens (tertiary/aromatic N) is 2. The van der Waals surface area contributed by atoms with Gasteiger partial charge in [0.2, 0.25) is 5.91 Å². The lowest BCUT2D eigenvalue weighted by atomic mass is 9.96. The largest absolute Gasteiger partial charge is 0.369 e. The lowest BCUT2D eigenvalue weighted by Gasteiger charge is -2.30. The van der Waals surface area contributed by atoms with Crippen LogP contribution in [0.25, 0.3) is 11.0 Å². The van der Waals surface area contributed by atoms with Gasteiger partial charge in [-0.05, 0) is 31.0 Å². The van der Waals surface area contributed by atoms with E-state index in [1.165, 1.54) is 0 Å². The molecule has 3 rings (SSSR count). The van der Waals surface area contributed by atoms with E-state index in [-0.39, 0.29) is 17.7 Å². The van der Waals surface area contributed by atoms with Gasteiger partial charge in [-0.2, -0.15) is 0 Å². The van der Waals surface area contributed by atoms with Crippen molar-refractivity contribution in [2.75, 3.05) is 13.1 Å². The van der Waals surface area contributed by atoms with E-state index in [9.17, 15) is 9.59 Å². The van der Waals surface area contributed by atoms with E-state index in [0.717, 1.165) is 16.9 Å². The average molecular weight is 314 g/mol. The summed E-state index contributed by atoms with van der Waals surface area (Å²) in [5, 5.41) is 0. The first-order valence-electron chi connectivity index (χ1n) is 8.04. The van der Waals surface area contributed by atoms with Crippen LogP contribution in [-0.4, -0.2) is 39.8 Å². The number of amides is 2. The number of piperidine rings is 1. The Bertz CT molecular complexity index is 742. The fourth-order valence-electron chi connectivity index (χ4n) is 2.99. The summed E-state index contributed by atoms with van der Waals surface area (Å²) < 4.78 is 0. The molecule has 1 aromatic carbocycles. The first-order chi connectivity index (χ1) is 11.0. The Morgan fingerprint density at radius 1 is 1.30 bits per heavy atom. The molecule has 1 saturated heterocycles. The maximum Gasteiger partial charge on any atom is 0.253 e. The summed E-state index contributed by atoms with van der Waals surface area (Å²) in [4.78, 5) is 33.4. The van der Waals surface area contributed by atoms with Gasteiger partial charge in [-0.1, -0.05) is 13.8 Å². The second kappa shape index (κ2) is 6.02. The molecule has 0 unspecified atom stereocenters. The number of rotatable bonds is 3. The molecule has 3 N–H and O–H groups in total.